The molecule has 1 aromatic carbocycles. The van der Waals surface area contributed by atoms with Gasteiger partial charge in [0.15, 0.2) is 11.3 Å². The number of imidazole rings is 1. The smallest absolute Gasteiger partial charge is 0.356 e. The minimum absolute atomic E-state index is 0.0729. The first-order valence-electron chi connectivity index (χ1n) is 13.8. The average Bonchev–Trinajstić information content (AvgIpc) is 3.30. The Morgan fingerprint density at radius 2 is 2.02 bits per heavy atom. The Morgan fingerprint density at radius 3 is 2.76 bits per heavy atom. The van der Waals surface area contributed by atoms with Crippen molar-refractivity contribution in [2.45, 2.75) is 51.4 Å². The van der Waals surface area contributed by atoms with Crippen LogP contribution in [-0.4, -0.2) is 45.3 Å². The third-order valence-electron chi connectivity index (χ3n) is 7.68. The summed E-state index contributed by atoms with van der Waals surface area (Å²) in [6.45, 7) is 1.50. The van der Waals surface area contributed by atoms with Gasteiger partial charge in [0.1, 0.15) is 23.8 Å². The molecule has 8 nitrogen and oxygen atoms in total. The number of allylic oxidation sites excluding steroid dienone is 2. The molecule has 0 bridgehead atoms. The van der Waals surface area contributed by atoms with Crippen LogP contribution in [0.1, 0.15) is 53.3 Å². The van der Waals surface area contributed by atoms with Gasteiger partial charge in [-0.2, -0.15) is 0 Å². The zero-order valence-electron chi connectivity index (χ0n) is 22.7. The summed E-state index contributed by atoms with van der Waals surface area (Å²) in [6.07, 6.45) is 6.92. The SMILES string of the molecule is COC(=O)c1ccc2nc(CC3CC=C(c4cccc(OCc5ccc(Cl)cc5F)n4)CC3)n(CC3CCO3)c2n1. The summed E-state index contributed by atoms with van der Waals surface area (Å²) in [5.41, 5.74) is 4.18. The highest BCUT2D eigenvalue weighted by atomic mass is 35.5. The predicted molar refractivity (Wildman–Crippen MR) is 152 cm³/mol. The summed E-state index contributed by atoms with van der Waals surface area (Å²) < 4.78 is 32.6. The molecular formula is C31H30ClFN4O4. The molecule has 0 N–H and O–H groups in total. The van der Waals surface area contributed by atoms with Gasteiger partial charge in [0.05, 0.1) is 25.5 Å². The Hall–Kier alpha value is -3.82. The van der Waals surface area contributed by atoms with E-state index in [-0.39, 0.29) is 18.4 Å². The molecule has 2 aliphatic rings. The van der Waals surface area contributed by atoms with Crippen LogP contribution in [0.3, 0.4) is 0 Å². The Labute approximate surface area is 242 Å². The molecule has 0 saturated carbocycles. The van der Waals surface area contributed by atoms with Crippen molar-refractivity contribution in [3.63, 3.8) is 0 Å². The summed E-state index contributed by atoms with van der Waals surface area (Å²) >= 11 is 5.84. The normalized spacial score (nSPS) is 18.6. The van der Waals surface area contributed by atoms with E-state index in [0.29, 0.717) is 34.6 Å². The average molecular weight is 577 g/mol. The number of esters is 1. The van der Waals surface area contributed by atoms with Gasteiger partial charge in [-0.25, -0.2) is 24.1 Å². The molecule has 10 heteroatoms. The lowest BCUT2D eigenvalue weighted by atomic mass is 9.86. The van der Waals surface area contributed by atoms with Crippen molar-refractivity contribution in [1.82, 2.24) is 19.5 Å². The van der Waals surface area contributed by atoms with Gasteiger partial charge in [0.25, 0.3) is 0 Å². The highest BCUT2D eigenvalue weighted by Crippen LogP contribution is 2.33. The van der Waals surface area contributed by atoms with Gasteiger partial charge in [-0.15, -0.1) is 0 Å². The maximum atomic E-state index is 14.1. The fourth-order valence-electron chi connectivity index (χ4n) is 5.28. The van der Waals surface area contributed by atoms with E-state index >= 15 is 0 Å². The number of benzene rings is 1. The Morgan fingerprint density at radius 1 is 1.15 bits per heavy atom. The van der Waals surface area contributed by atoms with E-state index in [9.17, 15) is 9.18 Å². The molecule has 2 atom stereocenters. The number of hydrogen-bond donors (Lipinski definition) is 0. The summed E-state index contributed by atoms with van der Waals surface area (Å²) in [4.78, 5) is 26.3. The number of aromatic nitrogens is 4. The van der Waals surface area contributed by atoms with Crippen molar-refractivity contribution in [3.05, 3.63) is 88.2 Å². The molecule has 0 spiro atoms. The zero-order chi connectivity index (χ0) is 28.3. The third kappa shape index (κ3) is 6.11. The molecule has 41 heavy (non-hydrogen) atoms. The minimum atomic E-state index is -0.466. The molecule has 1 aliphatic carbocycles. The van der Waals surface area contributed by atoms with Gasteiger partial charge in [-0.3, -0.25) is 0 Å². The van der Waals surface area contributed by atoms with Crippen molar-refractivity contribution < 1.29 is 23.4 Å². The van der Waals surface area contributed by atoms with Crippen LogP contribution in [0, 0.1) is 11.7 Å². The number of halogens is 2. The molecule has 2 unspecified atom stereocenters. The van der Waals surface area contributed by atoms with Crippen LogP contribution in [-0.2, 0) is 29.0 Å². The van der Waals surface area contributed by atoms with Crippen LogP contribution in [0.15, 0.2) is 54.6 Å². The minimum Gasteiger partial charge on any atom is -0.473 e. The molecule has 3 aromatic heterocycles. The van der Waals surface area contributed by atoms with Crippen molar-refractivity contribution in [1.29, 1.82) is 0 Å². The van der Waals surface area contributed by atoms with Crippen molar-refractivity contribution in [3.8, 4) is 5.88 Å². The number of hydrogen-bond acceptors (Lipinski definition) is 7. The highest BCUT2D eigenvalue weighted by Gasteiger charge is 2.25. The van der Waals surface area contributed by atoms with E-state index in [4.69, 9.17) is 30.8 Å². The van der Waals surface area contributed by atoms with Crippen LogP contribution in [0.5, 0.6) is 5.88 Å². The molecule has 4 heterocycles. The number of fused-ring (bicyclic) bond motifs is 1. The van der Waals surface area contributed by atoms with Crippen molar-refractivity contribution in [2.75, 3.05) is 13.7 Å². The Kier molecular flexibility index (Phi) is 7.98. The van der Waals surface area contributed by atoms with Gasteiger partial charge in [-0.1, -0.05) is 29.8 Å². The lowest BCUT2D eigenvalue weighted by Crippen LogP contribution is -2.32. The van der Waals surface area contributed by atoms with Gasteiger partial charge < -0.3 is 18.8 Å². The topological polar surface area (TPSA) is 88.4 Å². The first-order valence-corrected chi connectivity index (χ1v) is 14.1. The molecule has 0 radical (unpaired) electrons. The van der Waals surface area contributed by atoms with Crippen LogP contribution < -0.4 is 4.74 Å². The first-order chi connectivity index (χ1) is 20.0. The monoisotopic (exact) mass is 576 g/mol. The van der Waals surface area contributed by atoms with E-state index in [1.807, 2.05) is 18.2 Å². The summed E-state index contributed by atoms with van der Waals surface area (Å²) in [5, 5.41) is 0.350. The summed E-state index contributed by atoms with van der Waals surface area (Å²) in [5.74, 6) is 0.943. The maximum absolute atomic E-state index is 14.1. The lowest BCUT2D eigenvalue weighted by Gasteiger charge is -2.28. The summed E-state index contributed by atoms with van der Waals surface area (Å²) in [6, 6.07) is 13.7. The maximum Gasteiger partial charge on any atom is 0.356 e. The van der Waals surface area contributed by atoms with E-state index in [1.54, 1.807) is 24.3 Å². The molecule has 1 fully saturated rings. The van der Waals surface area contributed by atoms with Crippen molar-refractivity contribution >= 4 is 34.3 Å². The van der Waals surface area contributed by atoms with Gasteiger partial charge in [0.2, 0.25) is 5.88 Å². The van der Waals surface area contributed by atoms with Crippen LogP contribution in [0.2, 0.25) is 5.02 Å². The Balaban J connectivity index is 1.15. The van der Waals surface area contributed by atoms with Gasteiger partial charge in [0, 0.05) is 29.7 Å². The van der Waals surface area contributed by atoms with E-state index in [0.717, 1.165) is 55.7 Å². The Bertz CT molecular complexity index is 1620. The van der Waals surface area contributed by atoms with Crippen LogP contribution >= 0.6 is 11.6 Å². The van der Waals surface area contributed by atoms with Crippen molar-refractivity contribution in [2.24, 2.45) is 5.92 Å². The number of pyridine rings is 2. The third-order valence-corrected chi connectivity index (χ3v) is 7.91. The fraction of sp³-hybridized carbons (Fsp3) is 0.355. The number of carbonyl (C=O) groups is 1. The van der Waals surface area contributed by atoms with Gasteiger partial charge >= 0.3 is 5.97 Å². The quantitative estimate of drug-likeness (QED) is 0.219. The van der Waals surface area contributed by atoms with E-state index in [1.165, 1.54) is 18.7 Å². The number of rotatable bonds is 9. The number of ether oxygens (including phenoxy) is 3. The first kappa shape index (κ1) is 27.4. The molecule has 1 saturated heterocycles. The van der Waals surface area contributed by atoms with Gasteiger partial charge in [-0.05, 0) is 67.5 Å². The zero-order valence-corrected chi connectivity index (χ0v) is 23.4. The van der Waals surface area contributed by atoms with Crippen LogP contribution in [0.4, 0.5) is 4.39 Å². The summed E-state index contributed by atoms with van der Waals surface area (Å²) in [7, 11) is 1.35. The number of methoxy groups -OCH3 is 1. The molecule has 4 aromatic rings. The number of carbonyl (C=O) groups excluding carboxylic acids is 1. The molecular weight excluding hydrogens is 547 g/mol. The highest BCUT2D eigenvalue weighted by molar-refractivity contribution is 6.30. The molecule has 212 valence electrons. The second-order valence-corrected chi connectivity index (χ2v) is 10.8. The molecule has 6 rings (SSSR count). The van der Waals surface area contributed by atoms with Crippen LogP contribution in [0.25, 0.3) is 16.7 Å². The standard InChI is InChI=1S/C31H30ClFN4O4/c1-39-31(38)27-12-11-26-30(36-27)37(17-23-13-14-40-23)28(34-26)15-19-5-7-20(8-6-19)25-3-2-4-29(35-25)41-18-21-9-10-22(32)16-24(21)33/h2-4,7,9-12,16,19,23H,5-6,8,13-15,17-18H2,1H3. The lowest BCUT2D eigenvalue weighted by molar-refractivity contribution is -0.0591. The van der Waals surface area contributed by atoms with E-state index < -0.39 is 11.8 Å². The second kappa shape index (κ2) is 12.0. The fourth-order valence-corrected chi connectivity index (χ4v) is 5.43. The molecule has 1 aliphatic heterocycles. The largest absolute Gasteiger partial charge is 0.473 e. The van der Waals surface area contributed by atoms with E-state index in [2.05, 4.69) is 20.6 Å². The molecule has 0 amide bonds. The number of nitrogens with zero attached hydrogens (tertiary/aromatic N) is 4. The predicted octanol–water partition coefficient (Wildman–Crippen LogP) is 6.20. The second-order valence-electron chi connectivity index (χ2n) is 10.4.